The van der Waals surface area contributed by atoms with Crippen LogP contribution in [0.15, 0.2) is 36.8 Å². The molecule has 3 heterocycles. The summed E-state index contributed by atoms with van der Waals surface area (Å²) in [6.07, 6.45) is 10.8. The van der Waals surface area contributed by atoms with Crippen molar-refractivity contribution in [1.29, 1.82) is 0 Å². The summed E-state index contributed by atoms with van der Waals surface area (Å²) in [6.45, 7) is 0.911. The summed E-state index contributed by atoms with van der Waals surface area (Å²) in [4.78, 5) is 20.3. The van der Waals surface area contributed by atoms with Crippen molar-refractivity contribution < 1.29 is 4.79 Å². The maximum atomic E-state index is 12.7. The van der Waals surface area contributed by atoms with Gasteiger partial charge in [-0.2, -0.15) is 0 Å². The molecule has 6 rings (SSSR count). The number of hydrogen-bond donors (Lipinski definition) is 0. The molecule has 23 heavy (non-hydrogen) atoms. The predicted octanol–water partition coefficient (Wildman–Crippen LogP) is 3.12. The van der Waals surface area contributed by atoms with E-state index >= 15 is 0 Å². The van der Waals surface area contributed by atoms with Crippen LogP contribution in [0.1, 0.15) is 48.5 Å². The van der Waals surface area contributed by atoms with Crippen molar-refractivity contribution in [2.75, 3.05) is 6.54 Å². The molecule has 5 heteroatoms. The fourth-order valence-electron chi connectivity index (χ4n) is 5.05. The molecule has 4 nitrogen and oxygen atoms in total. The van der Waals surface area contributed by atoms with Crippen LogP contribution >= 0.6 is 11.5 Å². The summed E-state index contributed by atoms with van der Waals surface area (Å²) in [5.41, 5.74) is 1.90. The fourth-order valence-corrected chi connectivity index (χ4v) is 5.76. The number of piperidine rings is 1. The Morgan fingerprint density at radius 3 is 2.57 bits per heavy atom. The van der Waals surface area contributed by atoms with Crippen LogP contribution in [0.2, 0.25) is 0 Å². The average molecular weight is 325 g/mol. The minimum Gasteiger partial charge on any atom is -0.337 e. The molecule has 2 bridgehead atoms. The Bertz CT molecular complexity index is 723. The zero-order valence-corrected chi connectivity index (χ0v) is 13.8. The first kappa shape index (κ1) is 13.7. The third-order valence-electron chi connectivity index (χ3n) is 6.15. The Balaban J connectivity index is 1.28. The zero-order valence-electron chi connectivity index (χ0n) is 12.9. The highest BCUT2D eigenvalue weighted by Crippen LogP contribution is 2.70. The van der Waals surface area contributed by atoms with Crippen LogP contribution in [-0.2, 0) is 10.2 Å². The van der Waals surface area contributed by atoms with Crippen LogP contribution in [0.5, 0.6) is 0 Å². The Labute approximate surface area is 139 Å². The molecular formula is C18H19N3OS. The van der Waals surface area contributed by atoms with Gasteiger partial charge in [0.2, 0.25) is 5.91 Å². The van der Waals surface area contributed by atoms with Crippen molar-refractivity contribution in [3.63, 3.8) is 0 Å². The van der Waals surface area contributed by atoms with Gasteiger partial charge in [0.1, 0.15) is 0 Å². The molecule has 0 spiro atoms. The summed E-state index contributed by atoms with van der Waals surface area (Å²) in [5, 5.41) is 0. The summed E-state index contributed by atoms with van der Waals surface area (Å²) < 4.78 is 4.18. The first-order valence-corrected chi connectivity index (χ1v) is 9.10. The quantitative estimate of drug-likeness (QED) is 0.871. The predicted molar refractivity (Wildman–Crippen MR) is 88.3 cm³/mol. The van der Waals surface area contributed by atoms with E-state index in [9.17, 15) is 4.79 Å². The van der Waals surface area contributed by atoms with Crippen LogP contribution in [0.4, 0.5) is 0 Å². The van der Waals surface area contributed by atoms with E-state index in [0.717, 1.165) is 32.2 Å². The highest BCUT2D eigenvalue weighted by atomic mass is 32.1. The fraction of sp³-hybridized carbons (Fsp3) is 0.500. The topological polar surface area (TPSA) is 46.1 Å². The van der Waals surface area contributed by atoms with Crippen molar-refractivity contribution >= 4 is 17.4 Å². The lowest BCUT2D eigenvalue weighted by molar-refractivity contribution is -0.189. The molecule has 1 atom stereocenters. The van der Waals surface area contributed by atoms with E-state index in [2.05, 4.69) is 32.5 Å². The van der Waals surface area contributed by atoms with E-state index in [-0.39, 0.29) is 5.54 Å². The van der Waals surface area contributed by atoms with Crippen molar-refractivity contribution in [3.8, 4) is 0 Å². The summed E-state index contributed by atoms with van der Waals surface area (Å²) >= 11 is 1.54. The van der Waals surface area contributed by atoms with Crippen molar-refractivity contribution in [3.05, 3.63) is 47.2 Å². The number of carbonyl (C=O) groups excluding carboxylic acids is 1. The Morgan fingerprint density at radius 2 is 1.91 bits per heavy atom. The minimum absolute atomic E-state index is 0.166. The van der Waals surface area contributed by atoms with E-state index < -0.39 is 0 Å². The van der Waals surface area contributed by atoms with Crippen LogP contribution in [0, 0.1) is 0 Å². The molecule has 2 aromatic rings. The number of hydrogen-bond acceptors (Lipinski definition) is 4. The molecule has 2 aromatic heterocycles. The number of likely N-dealkylation sites (tertiary alicyclic amines) is 1. The van der Waals surface area contributed by atoms with Gasteiger partial charge in [-0.05, 0) is 61.0 Å². The van der Waals surface area contributed by atoms with Gasteiger partial charge in [0, 0.05) is 53.3 Å². The van der Waals surface area contributed by atoms with E-state index in [1.807, 2.05) is 18.6 Å². The molecule has 3 aliphatic carbocycles. The smallest absolute Gasteiger partial charge is 0.223 e. The van der Waals surface area contributed by atoms with Crippen LogP contribution in [0.3, 0.4) is 0 Å². The zero-order chi connectivity index (χ0) is 15.5. The molecule has 1 amide bonds. The molecular weight excluding hydrogens is 306 g/mol. The van der Waals surface area contributed by atoms with Crippen molar-refractivity contribution in [2.45, 2.75) is 49.0 Å². The van der Waals surface area contributed by atoms with E-state index in [1.54, 1.807) is 0 Å². The summed E-state index contributed by atoms with van der Waals surface area (Å²) in [6, 6.07) is 6.35. The Hall–Kier alpha value is -1.75. The maximum Gasteiger partial charge on any atom is 0.223 e. The number of amides is 1. The van der Waals surface area contributed by atoms with Gasteiger partial charge in [0.15, 0.2) is 0 Å². The number of nitrogens with zero attached hydrogens (tertiary/aromatic N) is 3. The van der Waals surface area contributed by atoms with E-state index in [0.29, 0.717) is 23.7 Å². The van der Waals surface area contributed by atoms with Gasteiger partial charge in [0.05, 0.1) is 0 Å². The van der Waals surface area contributed by atoms with E-state index in [1.165, 1.54) is 22.0 Å². The first-order valence-electron chi connectivity index (χ1n) is 8.32. The van der Waals surface area contributed by atoms with Crippen LogP contribution in [0.25, 0.3) is 0 Å². The third kappa shape index (κ3) is 1.86. The molecule has 0 radical (unpaired) electrons. The summed E-state index contributed by atoms with van der Waals surface area (Å²) in [5.74, 6) is 0.727. The van der Waals surface area contributed by atoms with Gasteiger partial charge in [-0.25, -0.2) is 4.37 Å². The van der Waals surface area contributed by atoms with Gasteiger partial charge < -0.3 is 4.90 Å². The number of pyridine rings is 1. The van der Waals surface area contributed by atoms with Gasteiger partial charge >= 0.3 is 0 Å². The largest absolute Gasteiger partial charge is 0.337 e. The molecule has 1 unspecified atom stereocenters. The molecule has 1 saturated heterocycles. The number of aromatic nitrogens is 2. The first-order chi connectivity index (χ1) is 11.2. The third-order valence-corrected chi connectivity index (χ3v) is 7.06. The SMILES string of the molecule is O=C1CC(c2ccns2)CCN1C12CC(c3ccncc3)(C1)C2. The monoisotopic (exact) mass is 325 g/mol. The average Bonchev–Trinajstić information content (AvgIpc) is 3.01. The van der Waals surface area contributed by atoms with Gasteiger partial charge in [-0.3, -0.25) is 9.78 Å². The molecule has 118 valence electrons. The lowest BCUT2D eigenvalue weighted by Crippen LogP contribution is -2.78. The molecule has 4 fully saturated rings. The standard InChI is InChI=1S/C18H19N3OS/c22-16-9-13(15-3-7-20-23-15)4-8-21(16)18-10-17(11-18,12-18)14-1-5-19-6-2-14/h1-3,5-7,13H,4,8-12H2. The Morgan fingerprint density at radius 1 is 1.13 bits per heavy atom. The molecule has 1 aliphatic heterocycles. The van der Waals surface area contributed by atoms with E-state index in [4.69, 9.17) is 0 Å². The summed E-state index contributed by atoms with van der Waals surface area (Å²) in [7, 11) is 0. The molecule has 0 N–H and O–H groups in total. The van der Waals surface area contributed by atoms with Gasteiger partial charge in [-0.1, -0.05) is 0 Å². The van der Waals surface area contributed by atoms with Gasteiger partial charge in [0.25, 0.3) is 0 Å². The second-order valence-corrected chi connectivity index (χ2v) is 8.29. The van der Waals surface area contributed by atoms with Gasteiger partial charge in [-0.15, -0.1) is 0 Å². The Kier molecular flexibility index (Phi) is 2.75. The van der Waals surface area contributed by atoms with Crippen molar-refractivity contribution in [1.82, 2.24) is 14.3 Å². The highest BCUT2D eigenvalue weighted by molar-refractivity contribution is 7.05. The lowest BCUT2D eigenvalue weighted by atomic mass is 9.37. The van der Waals surface area contributed by atoms with Crippen LogP contribution < -0.4 is 0 Å². The maximum absolute atomic E-state index is 12.7. The number of rotatable bonds is 3. The molecule has 3 saturated carbocycles. The second-order valence-electron chi connectivity index (χ2n) is 7.42. The number of carbonyl (C=O) groups is 1. The normalized spacial score (nSPS) is 35.6. The van der Waals surface area contributed by atoms with Crippen LogP contribution in [-0.4, -0.2) is 32.2 Å². The second kappa shape index (κ2) is 4.63. The van der Waals surface area contributed by atoms with Crippen molar-refractivity contribution in [2.24, 2.45) is 0 Å². The minimum atomic E-state index is 0.166. The molecule has 0 aromatic carbocycles. The molecule has 4 aliphatic rings. The lowest BCUT2D eigenvalue weighted by Gasteiger charge is -2.74. The highest BCUT2D eigenvalue weighted by Gasteiger charge is 2.71.